The van der Waals surface area contributed by atoms with Crippen molar-refractivity contribution < 1.29 is 4.79 Å². The van der Waals surface area contributed by atoms with E-state index in [4.69, 9.17) is 0 Å². The van der Waals surface area contributed by atoms with Gasteiger partial charge in [-0.2, -0.15) is 0 Å². The molecule has 136 valence electrons. The third-order valence-electron chi connectivity index (χ3n) is 5.06. The van der Waals surface area contributed by atoms with Crippen LogP contribution in [-0.2, 0) is 17.9 Å². The lowest BCUT2D eigenvalue weighted by molar-refractivity contribution is -0.131. The zero-order valence-corrected chi connectivity index (χ0v) is 15.3. The Hall–Kier alpha value is -2.08. The number of hydrogen-bond acceptors (Lipinski definition) is 3. The molecule has 0 radical (unpaired) electrons. The Kier molecular flexibility index (Phi) is 5.91. The van der Waals surface area contributed by atoms with Gasteiger partial charge < -0.3 is 14.0 Å². The van der Waals surface area contributed by atoms with E-state index in [1.54, 1.807) is 0 Å². The molecule has 0 unspecified atom stereocenters. The SMILES string of the molecule is CCn1ccnc1CN1CCCN(C(=O)C[C@@H](C)n2cccc2)CC1. The highest BCUT2D eigenvalue weighted by molar-refractivity contribution is 5.76. The Balaban J connectivity index is 1.51. The first-order valence-corrected chi connectivity index (χ1v) is 9.30. The molecule has 3 heterocycles. The summed E-state index contributed by atoms with van der Waals surface area (Å²) in [6.45, 7) is 9.66. The second kappa shape index (κ2) is 8.34. The molecule has 1 amide bonds. The maximum Gasteiger partial charge on any atom is 0.224 e. The van der Waals surface area contributed by atoms with Gasteiger partial charge in [-0.05, 0) is 32.4 Å². The van der Waals surface area contributed by atoms with Crippen LogP contribution in [0.25, 0.3) is 0 Å². The predicted octanol–water partition coefficient (Wildman–Crippen LogP) is 2.39. The van der Waals surface area contributed by atoms with Crippen LogP contribution >= 0.6 is 0 Å². The molecule has 1 fully saturated rings. The fourth-order valence-corrected chi connectivity index (χ4v) is 3.49. The second-order valence-corrected chi connectivity index (χ2v) is 6.82. The summed E-state index contributed by atoms with van der Waals surface area (Å²) in [6, 6.07) is 4.22. The van der Waals surface area contributed by atoms with E-state index in [0.717, 1.165) is 51.5 Å². The highest BCUT2D eigenvalue weighted by Crippen LogP contribution is 2.15. The van der Waals surface area contributed by atoms with Gasteiger partial charge in [-0.25, -0.2) is 4.98 Å². The third kappa shape index (κ3) is 4.51. The number of aryl methyl sites for hydroxylation is 1. The number of hydrogen-bond donors (Lipinski definition) is 0. The van der Waals surface area contributed by atoms with Crippen molar-refractivity contribution in [3.63, 3.8) is 0 Å². The summed E-state index contributed by atoms with van der Waals surface area (Å²) >= 11 is 0. The van der Waals surface area contributed by atoms with Crippen LogP contribution in [0.15, 0.2) is 36.9 Å². The summed E-state index contributed by atoms with van der Waals surface area (Å²) in [7, 11) is 0. The Morgan fingerprint density at radius 2 is 1.96 bits per heavy atom. The van der Waals surface area contributed by atoms with Crippen LogP contribution < -0.4 is 0 Å². The fourth-order valence-electron chi connectivity index (χ4n) is 3.49. The van der Waals surface area contributed by atoms with E-state index in [1.165, 1.54) is 0 Å². The first-order chi connectivity index (χ1) is 12.2. The molecule has 1 atom stereocenters. The van der Waals surface area contributed by atoms with Crippen LogP contribution in [0.1, 0.15) is 38.6 Å². The smallest absolute Gasteiger partial charge is 0.224 e. The normalized spacial score (nSPS) is 17.4. The highest BCUT2D eigenvalue weighted by atomic mass is 16.2. The van der Waals surface area contributed by atoms with E-state index in [0.29, 0.717) is 6.42 Å². The summed E-state index contributed by atoms with van der Waals surface area (Å²) < 4.78 is 4.29. The quantitative estimate of drug-likeness (QED) is 0.809. The number of amides is 1. The molecule has 1 saturated heterocycles. The van der Waals surface area contributed by atoms with Crippen LogP contribution in [0.3, 0.4) is 0 Å². The molecule has 0 bridgehead atoms. The summed E-state index contributed by atoms with van der Waals surface area (Å²) in [6.07, 6.45) is 9.54. The number of carbonyl (C=O) groups excluding carboxylic acids is 1. The summed E-state index contributed by atoms with van der Waals surface area (Å²) in [5.74, 6) is 1.38. The molecule has 0 spiro atoms. The van der Waals surface area contributed by atoms with E-state index in [-0.39, 0.29) is 11.9 Å². The molecule has 25 heavy (non-hydrogen) atoms. The molecular weight excluding hydrogens is 314 g/mol. The maximum absolute atomic E-state index is 12.7. The van der Waals surface area contributed by atoms with Crippen molar-refractivity contribution >= 4 is 5.91 Å². The van der Waals surface area contributed by atoms with Gasteiger partial charge in [0.25, 0.3) is 0 Å². The van der Waals surface area contributed by atoms with Gasteiger partial charge >= 0.3 is 0 Å². The number of carbonyl (C=O) groups is 1. The third-order valence-corrected chi connectivity index (χ3v) is 5.06. The van der Waals surface area contributed by atoms with Gasteiger partial charge in [0, 0.05) is 70.0 Å². The summed E-state index contributed by atoms with van der Waals surface area (Å²) in [5, 5.41) is 0. The molecule has 1 aliphatic rings. The molecular formula is C19H29N5O. The standard InChI is InChI=1S/C19H29N5O/c1-3-22-12-7-20-18(22)16-21-8-6-11-24(14-13-21)19(25)15-17(2)23-9-4-5-10-23/h4-5,7,9-10,12,17H,3,6,8,11,13-16H2,1-2H3/t17-/m1/s1. The zero-order chi connectivity index (χ0) is 17.6. The van der Waals surface area contributed by atoms with E-state index < -0.39 is 0 Å². The van der Waals surface area contributed by atoms with Crippen LogP contribution in [-0.4, -0.2) is 56.0 Å². The molecule has 0 aliphatic carbocycles. The molecule has 0 aromatic carbocycles. The largest absolute Gasteiger partial charge is 0.351 e. The van der Waals surface area contributed by atoms with Gasteiger partial charge in [0.15, 0.2) is 0 Å². The van der Waals surface area contributed by atoms with Gasteiger partial charge in [-0.1, -0.05) is 0 Å². The lowest BCUT2D eigenvalue weighted by Gasteiger charge is -2.24. The number of nitrogens with zero attached hydrogens (tertiary/aromatic N) is 5. The summed E-state index contributed by atoms with van der Waals surface area (Å²) in [5.41, 5.74) is 0. The van der Waals surface area contributed by atoms with Gasteiger partial charge in [0.05, 0.1) is 6.54 Å². The minimum Gasteiger partial charge on any atom is -0.351 e. The van der Waals surface area contributed by atoms with E-state index in [9.17, 15) is 4.79 Å². The Morgan fingerprint density at radius 1 is 1.16 bits per heavy atom. The molecule has 6 nitrogen and oxygen atoms in total. The Morgan fingerprint density at radius 3 is 2.72 bits per heavy atom. The Labute approximate surface area is 150 Å². The van der Waals surface area contributed by atoms with Crippen molar-refractivity contribution in [2.45, 2.75) is 45.8 Å². The molecule has 6 heteroatoms. The second-order valence-electron chi connectivity index (χ2n) is 6.82. The van der Waals surface area contributed by atoms with Crippen molar-refractivity contribution in [3.05, 3.63) is 42.7 Å². The monoisotopic (exact) mass is 343 g/mol. The number of imidazole rings is 1. The van der Waals surface area contributed by atoms with Crippen molar-refractivity contribution in [2.75, 3.05) is 26.2 Å². The van der Waals surface area contributed by atoms with Crippen LogP contribution in [0, 0.1) is 0 Å². The average molecular weight is 343 g/mol. The minimum absolute atomic E-state index is 0.207. The van der Waals surface area contributed by atoms with Gasteiger partial charge in [-0.15, -0.1) is 0 Å². The van der Waals surface area contributed by atoms with E-state index >= 15 is 0 Å². The molecule has 0 saturated carbocycles. The number of rotatable bonds is 6. The molecule has 2 aromatic heterocycles. The zero-order valence-electron chi connectivity index (χ0n) is 15.3. The van der Waals surface area contributed by atoms with Crippen LogP contribution in [0.2, 0.25) is 0 Å². The summed E-state index contributed by atoms with van der Waals surface area (Å²) in [4.78, 5) is 21.6. The molecule has 1 aliphatic heterocycles. The van der Waals surface area contributed by atoms with E-state index in [1.807, 2.05) is 41.8 Å². The van der Waals surface area contributed by atoms with Gasteiger partial charge in [0.2, 0.25) is 5.91 Å². The van der Waals surface area contributed by atoms with Crippen molar-refractivity contribution in [1.29, 1.82) is 0 Å². The van der Waals surface area contributed by atoms with Crippen LogP contribution in [0.5, 0.6) is 0 Å². The van der Waals surface area contributed by atoms with E-state index in [2.05, 4.69) is 32.9 Å². The van der Waals surface area contributed by atoms with Gasteiger partial charge in [0.1, 0.15) is 5.82 Å². The minimum atomic E-state index is 0.207. The molecule has 2 aromatic rings. The van der Waals surface area contributed by atoms with Crippen LogP contribution in [0.4, 0.5) is 0 Å². The topological polar surface area (TPSA) is 46.3 Å². The number of aromatic nitrogens is 3. The van der Waals surface area contributed by atoms with Crippen molar-refractivity contribution in [1.82, 2.24) is 23.9 Å². The predicted molar refractivity (Wildman–Crippen MR) is 98.1 cm³/mol. The van der Waals surface area contributed by atoms with Gasteiger partial charge in [-0.3, -0.25) is 9.69 Å². The maximum atomic E-state index is 12.7. The highest BCUT2D eigenvalue weighted by Gasteiger charge is 2.21. The first kappa shape index (κ1) is 17.7. The molecule has 3 rings (SSSR count). The lowest BCUT2D eigenvalue weighted by Crippen LogP contribution is -2.36. The fraction of sp³-hybridized carbons (Fsp3) is 0.579. The van der Waals surface area contributed by atoms with Crippen molar-refractivity contribution in [2.24, 2.45) is 0 Å². The van der Waals surface area contributed by atoms with Crippen molar-refractivity contribution in [3.8, 4) is 0 Å². The Bertz CT molecular complexity index is 663. The first-order valence-electron chi connectivity index (χ1n) is 9.30. The lowest BCUT2D eigenvalue weighted by atomic mass is 10.2. The average Bonchev–Trinajstić information content (AvgIpc) is 3.23. The molecule has 0 N–H and O–H groups in total.